The normalized spacial score (nSPS) is 38.4. The van der Waals surface area contributed by atoms with Gasteiger partial charge in [0.2, 0.25) is 0 Å². The molecule has 0 aromatic rings. The predicted octanol–water partition coefficient (Wildman–Crippen LogP) is 0.658. The van der Waals surface area contributed by atoms with Gasteiger partial charge in [-0.3, -0.25) is 4.90 Å². The van der Waals surface area contributed by atoms with Crippen LogP contribution in [0.25, 0.3) is 0 Å². The van der Waals surface area contributed by atoms with E-state index in [-0.39, 0.29) is 0 Å². The molecule has 0 saturated carbocycles. The maximum atomic E-state index is 5.54. The standard InChI is InChI=1S/C11H22N2OS/c1-9-8-15-4-3-13(9)5-10-6-14-7-11(10)12-2/h9-12H,3-8H2,1-2H3. The zero-order valence-corrected chi connectivity index (χ0v) is 10.6. The first kappa shape index (κ1) is 11.7. The van der Waals surface area contributed by atoms with Gasteiger partial charge in [-0.05, 0) is 14.0 Å². The van der Waals surface area contributed by atoms with Crippen molar-refractivity contribution in [2.45, 2.75) is 19.0 Å². The van der Waals surface area contributed by atoms with Crippen LogP contribution in [0.4, 0.5) is 0 Å². The molecule has 2 aliphatic heterocycles. The molecular weight excluding hydrogens is 208 g/mol. The van der Waals surface area contributed by atoms with Crippen molar-refractivity contribution in [3.63, 3.8) is 0 Å². The number of hydrogen-bond acceptors (Lipinski definition) is 4. The lowest BCUT2D eigenvalue weighted by Crippen LogP contribution is -2.46. The highest BCUT2D eigenvalue weighted by Crippen LogP contribution is 2.21. The second kappa shape index (κ2) is 5.53. The molecule has 3 unspecified atom stereocenters. The van der Waals surface area contributed by atoms with E-state index in [1.165, 1.54) is 24.6 Å². The topological polar surface area (TPSA) is 24.5 Å². The van der Waals surface area contributed by atoms with Crippen molar-refractivity contribution < 1.29 is 4.74 Å². The molecule has 2 rings (SSSR count). The van der Waals surface area contributed by atoms with Crippen molar-refractivity contribution in [1.29, 1.82) is 0 Å². The molecule has 0 aromatic heterocycles. The van der Waals surface area contributed by atoms with Gasteiger partial charge in [-0.1, -0.05) is 0 Å². The smallest absolute Gasteiger partial charge is 0.0623 e. The zero-order valence-electron chi connectivity index (χ0n) is 9.74. The van der Waals surface area contributed by atoms with E-state index in [0.717, 1.165) is 19.3 Å². The molecule has 0 spiro atoms. The van der Waals surface area contributed by atoms with E-state index in [1.807, 2.05) is 7.05 Å². The summed E-state index contributed by atoms with van der Waals surface area (Å²) in [6.45, 7) is 6.61. The van der Waals surface area contributed by atoms with E-state index in [1.54, 1.807) is 0 Å². The fraction of sp³-hybridized carbons (Fsp3) is 1.00. The molecule has 15 heavy (non-hydrogen) atoms. The molecule has 0 bridgehead atoms. The molecule has 0 aromatic carbocycles. The third-order valence-electron chi connectivity index (χ3n) is 3.54. The molecule has 3 nitrogen and oxygen atoms in total. The van der Waals surface area contributed by atoms with Crippen molar-refractivity contribution in [2.24, 2.45) is 5.92 Å². The number of rotatable bonds is 3. The Kier molecular flexibility index (Phi) is 4.31. The molecule has 2 fully saturated rings. The molecular formula is C11H22N2OS. The molecule has 3 atom stereocenters. The van der Waals surface area contributed by atoms with Crippen molar-refractivity contribution in [1.82, 2.24) is 10.2 Å². The van der Waals surface area contributed by atoms with Crippen molar-refractivity contribution >= 4 is 11.8 Å². The van der Waals surface area contributed by atoms with Crippen LogP contribution in [0.15, 0.2) is 0 Å². The number of likely N-dealkylation sites (N-methyl/N-ethyl adjacent to an activating group) is 1. The van der Waals surface area contributed by atoms with Crippen LogP contribution in [0, 0.1) is 5.92 Å². The fourth-order valence-electron chi connectivity index (χ4n) is 2.43. The van der Waals surface area contributed by atoms with Gasteiger partial charge in [0.15, 0.2) is 0 Å². The second-order valence-corrected chi connectivity index (χ2v) is 5.76. The minimum absolute atomic E-state index is 0.562. The predicted molar refractivity (Wildman–Crippen MR) is 65.5 cm³/mol. The van der Waals surface area contributed by atoms with Gasteiger partial charge in [0.25, 0.3) is 0 Å². The lowest BCUT2D eigenvalue weighted by molar-refractivity contribution is 0.156. The summed E-state index contributed by atoms with van der Waals surface area (Å²) in [6.07, 6.45) is 0. The van der Waals surface area contributed by atoms with Crippen LogP contribution >= 0.6 is 11.8 Å². The van der Waals surface area contributed by atoms with Crippen LogP contribution in [0.5, 0.6) is 0 Å². The Morgan fingerprint density at radius 3 is 3.07 bits per heavy atom. The number of nitrogens with one attached hydrogen (secondary N) is 1. The average molecular weight is 230 g/mol. The molecule has 2 aliphatic rings. The van der Waals surface area contributed by atoms with Crippen LogP contribution in [-0.2, 0) is 4.74 Å². The van der Waals surface area contributed by atoms with Crippen molar-refractivity contribution in [3.05, 3.63) is 0 Å². The summed E-state index contributed by atoms with van der Waals surface area (Å²) in [4.78, 5) is 2.63. The third-order valence-corrected chi connectivity index (χ3v) is 4.73. The van der Waals surface area contributed by atoms with Crippen LogP contribution in [0.2, 0.25) is 0 Å². The van der Waals surface area contributed by atoms with Gasteiger partial charge < -0.3 is 10.1 Å². The molecule has 1 N–H and O–H groups in total. The third kappa shape index (κ3) is 2.87. The van der Waals surface area contributed by atoms with Gasteiger partial charge >= 0.3 is 0 Å². The minimum Gasteiger partial charge on any atom is -0.379 e. The fourth-order valence-corrected chi connectivity index (χ4v) is 3.51. The van der Waals surface area contributed by atoms with Gasteiger partial charge in [0.05, 0.1) is 13.2 Å². The van der Waals surface area contributed by atoms with Gasteiger partial charge in [0.1, 0.15) is 0 Å². The summed E-state index contributed by atoms with van der Waals surface area (Å²) in [5.74, 6) is 3.26. The van der Waals surface area contributed by atoms with Crippen molar-refractivity contribution in [3.8, 4) is 0 Å². The summed E-state index contributed by atoms with van der Waals surface area (Å²) in [5, 5.41) is 3.36. The largest absolute Gasteiger partial charge is 0.379 e. The molecule has 2 saturated heterocycles. The number of ether oxygens (including phenoxy) is 1. The van der Waals surface area contributed by atoms with E-state index >= 15 is 0 Å². The van der Waals surface area contributed by atoms with Crippen LogP contribution < -0.4 is 5.32 Å². The van der Waals surface area contributed by atoms with Gasteiger partial charge in [0, 0.05) is 42.6 Å². The second-order valence-electron chi connectivity index (χ2n) is 4.61. The first-order valence-corrected chi connectivity index (χ1v) is 7.03. The first-order valence-electron chi connectivity index (χ1n) is 5.88. The van der Waals surface area contributed by atoms with Gasteiger partial charge in [-0.15, -0.1) is 0 Å². The highest BCUT2D eigenvalue weighted by atomic mass is 32.2. The van der Waals surface area contributed by atoms with E-state index < -0.39 is 0 Å². The number of hydrogen-bond donors (Lipinski definition) is 1. The summed E-state index contributed by atoms with van der Waals surface area (Å²) in [7, 11) is 2.04. The Morgan fingerprint density at radius 2 is 2.33 bits per heavy atom. The SMILES string of the molecule is CNC1COCC1CN1CCSCC1C. The zero-order chi connectivity index (χ0) is 10.7. The Labute approximate surface area is 96.9 Å². The molecule has 2 heterocycles. The van der Waals surface area contributed by atoms with Crippen LogP contribution in [0.3, 0.4) is 0 Å². The van der Waals surface area contributed by atoms with E-state index in [4.69, 9.17) is 4.74 Å². The summed E-state index contributed by atoms with van der Waals surface area (Å²) < 4.78 is 5.54. The highest BCUT2D eigenvalue weighted by molar-refractivity contribution is 7.99. The Hall–Kier alpha value is 0.230. The molecule has 88 valence electrons. The summed E-state index contributed by atoms with van der Waals surface area (Å²) in [6, 6.07) is 1.30. The highest BCUT2D eigenvalue weighted by Gasteiger charge is 2.30. The number of thioether (sulfide) groups is 1. The number of nitrogens with zero attached hydrogens (tertiary/aromatic N) is 1. The van der Waals surface area contributed by atoms with E-state index in [9.17, 15) is 0 Å². The summed E-state index contributed by atoms with van der Waals surface area (Å²) >= 11 is 2.08. The molecule has 0 radical (unpaired) electrons. The first-order chi connectivity index (χ1) is 7.31. The lowest BCUT2D eigenvalue weighted by Gasteiger charge is -2.35. The molecule has 0 aliphatic carbocycles. The van der Waals surface area contributed by atoms with E-state index in [2.05, 4.69) is 28.9 Å². The molecule has 4 heteroatoms. The maximum absolute atomic E-state index is 5.54. The minimum atomic E-state index is 0.562. The molecule has 0 amide bonds. The monoisotopic (exact) mass is 230 g/mol. The van der Waals surface area contributed by atoms with E-state index in [0.29, 0.717) is 12.0 Å². The lowest BCUT2D eigenvalue weighted by atomic mass is 10.0. The Morgan fingerprint density at radius 1 is 1.47 bits per heavy atom. The van der Waals surface area contributed by atoms with Crippen molar-refractivity contribution in [2.75, 3.05) is 44.9 Å². The summed E-state index contributed by atoms with van der Waals surface area (Å²) in [5.41, 5.74) is 0. The maximum Gasteiger partial charge on any atom is 0.0623 e. The quantitative estimate of drug-likeness (QED) is 0.770. The Bertz CT molecular complexity index is 203. The van der Waals surface area contributed by atoms with Gasteiger partial charge in [-0.25, -0.2) is 0 Å². The van der Waals surface area contributed by atoms with Crippen LogP contribution in [0.1, 0.15) is 6.92 Å². The Balaban J connectivity index is 1.84. The van der Waals surface area contributed by atoms with Gasteiger partial charge in [-0.2, -0.15) is 11.8 Å². The van der Waals surface area contributed by atoms with Crippen LogP contribution in [-0.4, -0.2) is 61.8 Å². The average Bonchev–Trinajstić information content (AvgIpc) is 2.69.